The van der Waals surface area contributed by atoms with Gasteiger partial charge in [-0.3, -0.25) is 0 Å². The molecule has 28 heavy (non-hydrogen) atoms. The van der Waals surface area contributed by atoms with Crippen LogP contribution in [0, 0.1) is 6.92 Å². The molecule has 0 N–H and O–H groups in total. The minimum Gasteiger partial charge on any atom is -0.378 e. The van der Waals surface area contributed by atoms with Gasteiger partial charge >= 0.3 is 0 Å². The Labute approximate surface area is 169 Å². The van der Waals surface area contributed by atoms with Crippen LogP contribution < -0.4 is 14.7 Å². The molecular weight excluding hydrogens is 342 g/mol. The lowest BCUT2D eigenvalue weighted by atomic mass is 10.1. The number of anilines is 3. The highest BCUT2D eigenvalue weighted by Gasteiger charge is 2.10. The van der Waals surface area contributed by atoms with Gasteiger partial charge < -0.3 is 14.7 Å². The van der Waals surface area contributed by atoms with Crippen molar-refractivity contribution in [3.8, 4) is 0 Å². The summed E-state index contributed by atoms with van der Waals surface area (Å²) in [4.78, 5) is 6.70. The lowest BCUT2D eigenvalue weighted by Gasteiger charge is -2.26. The molecule has 3 aromatic rings. The van der Waals surface area contributed by atoms with Crippen LogP contribution in [-0.2, 0) is 13.1 Å². The summed E-state index contributed by atoms with van der Waals surface area (Å²) in [6.07, 6.45) is 0. The molecule has 0 fully saturated rings. The Kier molecular flexibility index (Phi) is 6.25. The van der Waals surface area contributed by atoms with E-state index in [0.717, 1.165) is 13.1 Å². The van der Waals surface area contributed by atoms with Crippen molar-refractivity contribution in [1.29, 1.82) is 0 Å². The van der Waals surface area contributed by atoms with E-state index in [4.69, 9.17) is 0 Å². The lowest BCUT2D eigenvalue weighted by molar-refractivity contribution is 0.799. The fourth-order valence-corrected chi connectivity index (χ4v) is 3.23. The van der Waals surface area contributed by atoms with Gasteiger partial charge in [-0.1, -0.05) is 42.0 Å². The number of nitrogens with zero attached hydrogens (tertiary/aromatic N) is 3. The van der Waals surface area contributed by atoms with Gasteiger partial charge in [0.1, 0.15) is 0 Å². The van der Waals surface area contributed by atoms with Crippen LogP contribution in [0.2, 0.25) is 0 Å². The number of aryl methyl sites for hydroxylation is 1. The fourth-order valence-electron chi connectivity index (χ4n) is 3.23. The SMILES string of the molecule is Cc1ccc(N(Cc2ccc(N(C)C)cc2)Cc2ccc(N(C)C)cc2)cc1. The van der Waals surface area contributed by atoms with Crippen LogP contribution in [0.1, 0.15) is 16.7 Å². The summed E-state index contributed by atoms with van der Waals surface area (Å²) in [7, 11) is 8.30. The molecule has 0 heterocycles. The first-order valence-corrected chi connectivity index (χ1v) is 9.76. The standard InChI is InChI=1S/C25H31N3/c1-20-6-12-25(13-7-20)28(18-21-8-14-23(15-9-21)26(2)3)19-22-10-16-24(17-11-22)27(4)5/h6-17H,18-19H2,1-5H3. The summed E-state index contributed by atoms with van der Waals surface area (Å²) in [5, 5.41) is 0. The van der Waals surface area contributed by atoms with Crippen molar-refractivity contribution in [2.75, 3.05) is 42.9 Å². The first-order chi connectivity index (χ1) is 13.4. The van der Waals surface area contributed by atoms with Gasteiger partial charge in [-0.05, 0) is 54.4 Å². The Morgan fingerprint density at radius 1 is 0.500 bits per heavy atom. The third-order valence-electron chi connectivity index (χ3n) is 5.05. The Morgan fingerprint density at radius 2 is 0.857 bits per heavy atom. The molecule has 3 nitrogen and oxygen atoms in total. The Hall–Kier alpha value is -2.94. The molecule has 146 valence electrons. The molecule has 3 heteroatoms. The van der Waals surface area contributed by atoms with Gasteiger partial charge in [0, 0.05) is 58.3 Å². The zero-order valence-corrected chi connectivity index (χ0v) is 17.7. The van der Waals surface area contributed by atoms with E-state index in [-0.39, 0.29) is 0 Å². The summed E-state index contributed by atoms with van der Waals surface area (Å²) < 4.78 is 0. The average Bonchev–Trinajstić information content (AvgIpc) is 2.69. The molecule has 0 aromatic heterocycles. The highest BCUT2D eigenvalue weighted by molar-refractivity contribution is 5.52. The zero-order chi connectivity index (χ0) is 20.1. The van der Waals surface area contributed by atoms with Crippen molar-refractivity contribution in [3.63, 3.8) is 0 Å². The second-order valence-electron chi connectivity index (χ2n) is 7.81. The zero-order valence-electron chi connectivity index (χ0n) is 17.7. The maximum Gasteiger partial charge on any atom is 0.0433 e. The van der Waals surface area contributed by atoms with Gasteiger partial charge in [-0.15, -0.1) is 0 Å². The molecule has 0 saturated carbocycles. The Morgan fingerprint density at radius 3 is 1.21 bits per heavy atom. The van der Waals surface area contributed by atoms with Crippen molar-refractivity contribution in [2.45, 2.75) is 20.0 Å². The highest BCUT2D eigenvalue weighted by atomic mass is 15.1. The summed E-state index contributed by atoms with van der Waals surface area (Å²) in [6.45, 7) is 3.90. The molecule has 0 aliphatic carbocycles. The van der Waals surface area contributed by atoms with E-state index >= 15 is 0 Å². The van der Waals surface area contributed by atoms with Gasteiger partial charge in [-0.2, -0.15) is 0 Å². The maximum atomic E-state index is 2.44. The van der Waals surface area contributed by atoms with Gasteiger partial charge in [0.2, 0.25) is 0 Å². The minimum absolute atomic E-state index is 0.881. The van der Waals surface area contributed by atoms with Crippen LogP contribution >= 0.6 is 0 Å². The molecule has 0 spiro atoms. The topological polar surface area (TPSA) is 9.72 Å². The Balaban J connectivity index is 1.83. The van der Waals surface area contributed by atoms with Crippen LogP contribution in [0.5, 0.6) is 0 Å². The van der Waals surface area contributed by atoms with Crippen LogP contribution in [0.4, 0.5) is 17.1 Å². The average molecular weight is 374 g/mol. The summed E-state index contributed by atoms with van der Waals surface area (Å²) in [5.41, 5.74) is 7.62. The lowest BCUT2D eigenvalue weighted by Crippen LogP contribution is -2.22. The molecule has 0 saturated heterocycles. The smallest absolute Gasteiger partial charge is 0.0433 e. The van der Waals surface area contributed by atoms with Crippen LogP contribution in [-0.4, -0.2) is 28.2 Å². The maximum absolute atomic E-state index is 2.44. The second kappa shape index (κ2) is 8.83. The van der Waals surface area contributed by atoms with Gasteiger partial charge in [-0.25, -0.2) is 0 Å². The fraction of sp³-hybridized carbons (Fsp3) is 0.280. The molecule has 0 aliphatic heterocycles. The van der Waals surface area contributed by atoms with E-state index < -0.39 is 0 Å². The van der Waals surface area contributed by atoms with Crippen molar-refractivity contribution < 1.29 is 0 Å². The van der Waals surface area contributed by atoms with Crippen molar-refractivity contribution >= 4 is 17.1 Å². The monoisotopic (exact) mass is 373 g/mol. The molecule has 3 aromatic carbocycles. The Bertz CT molecular complexity index is 810. The number of benzene rings is 3. The number of hydrogen-bond donors (Lipinski definition) is 0. The predicted molar refractivity (Wildman–Crippen MR) is 123 cm³/mol. The number of hydrogen-bond acceptors (Lipinski definition) is 3. The first kappa shape index (κ1) is 19.8. The molecular formula is C25H31N3. The molecule has 0 radical (unpaired) electrons. The molecule has 3 rings (SSSR count). The van der Waals surface area contributed by atoms with Crippen molar-refractivity contribution in [2.24, 2.45) is 0 Å². The van der Waals surface area contributed by atoms with E-state index in [1.807, 2.05) is 0 Å². The van der Waals surface area contributed by atoms with Gasteiger partial charge in [0.05, 0.1) is 0 Å². The minimum atomic E-state index is 0.881. The van der Waals surface area contributed by atoms with E-state index in [2.05, 4.69) is 123 Å². The number of rotatable bonds is 7. The van der Waals surface area contributed by atoms with Crippen molar-refractivity contribution in [3.05, 3.63) is 89.5 Å². The van der Waals surface area contributed by atoms with Crippen molar-refractivity contribution in [1.82, 2.24) is 0 Å². The van der Waals surface area contributed by atoms with Gasteiger partial charge in [0.15, 0.2) is 0 Å². The van der Waals surface area contributed by atoms with E-state index in [9.17, 15) is 0 Å². The second-order valence-corrected chi connectivity index (χ2v) is 7.81. The summed E-state index contributed by atoms with van der Waals surface area (Å²) in [6, 6.07) is 26.5. The van der Waals surface area contributed by atoms with Crippen LogP contribution in [0.3, 0.4) is 0 Å². The molecule has 0 atom stereocenters. The molecule has 0 aliphatic rings. The first-order valence-electron chi connectivity index (χ1n) is 9.76. The largest absolute Gasteiger partial charge is 0.378 e. The predicted octanol–water partition coefficient (Wildman–Crippen LogP) is 5.33. The molecule has 0 bridgehead atoms. The normalized spacial score (nSPS) is 10.6. The van der Waals surface area contributed by atoms with E-state index in [1.54, 1.807) is 0 Å². The molecule has 0 amide bonds. The van der Waals surface area contributed by atoms with E-state index in [1.165, 1.54) is 33.8 Å². The third-order valence-corrected chi connectivity index (χ3v) is 5.05. The molecule has 0 unspecified atom stereocenters. The summed E-state index contributed by atoms with van der Waals surface area (Å²) >= 11 is 0. The third kappa shape index (κ3) is 5.07. The van der Waals surface area contributed by atoms with Gasteiger partial charge in [0.25, 0.3) is 0 Å². The van der Waals surface area contributed by atoms with Crippen LogP contribution in [0.25, 0.3) is 0 Å². The summed E-state index contributed by atoms with van der Waals surface area (Å²) in [5.74, 6) is 0. The highest BCUT2D eigenvalue weighted by Crippen LogP contribution is 2.23. The van der Waals surface area contributed by atoms with E-state index in [0.29, 0.717) is 0 Å². The van der Waals surface area contributed by atoms with Crippen LogP contribution in [0.15, 0.2) is 72.8 Å². The quantitative estimate of drug-likeness (QED) is 0.554.